The van der Waals surface area contributed by atoms with Crippen molar-refractivity contribution in [1.82, 2.24) is 10.3 Å². The minimum atomic E-state index is 0.394. The lowest BCUT2D eigenvalue weighted by atomic mass is 10.0. The number of aromatic nitrogens is 1. The van der Waals surface area contributed by atoms with Crippen molar-refractivity contribution in [2.45, 2.75) is 46.6 Å². The molecule has 20 heavy (non-hydrogen) atoms. The van der Waals surface area contributed by atoms with Gasteiger partial charge in [0, 0.05) is 48.7 Å². The second-order valence-corrected chi connectivity index (χ2v) is 4.99. The van der Waals surface area contributed by atoms with Crippen LogP contribution < -0.4 is 10.1 Å². The van der Waals surface area contributed by atoms with Gasteiger partial charge in [0.1, 0.15) is 5.75 Å². The number of nitrogens with one attached hydrogen (secondary N) is 1. The van der Waals surface area contributed by atoms with Crippen molar-refractivity contribution in [3.05, 3.63) is 23.0 Å². The van der Waals surface area contributed by atoms with Crippen molar-refractivity contribution in [3.63, 3.8) is 0 Å². The molecule has 114 valence electrons. The van der Waals surface area contributed by atoms with Gasteiger partial charge >= 0.3 is 0 Å². The van der Waals surface area contributed by atoms with E-state index in [0.29, 0.717) is 6.04 Å². The van der Waals surface area contributed by atoms with Gasteiger partial charge in [-0.25, -0.2) is 0 Å². The predicted octanol–water partition coefficient (Wildman–Crippen LogP) is 2.65. The molecule has 4 nitrogen and oxygen atoms in total. The molecular formula is C16H28N2O2. The summed E-state index contributed by atoms with van der Waals surface area (Å²) in [6, 6.07) is 0.394. The molecule has 1 rings (SSSR count). The zero-order valence-corrected chi connectivity index (χ0v) is 13.5. The summed E-state index contributed by atoms with van der Waals surface area (Å²) in [6.45, 7) is 10.8. The van der Waals surface area contributed by atoms with Crippen molar-refractivity contribution in [2.24, 2.45) is 0 Å². The lowest BCUT2D eigenvalue weighted by Crippen LogP contribution is -2.32. The molecule has 0 radical (unpaired) electrons. The third kappa shape index (κ3) is 4.76. The minimum absolute atomic E-state index is 0.394. The van der Waals surface area contributed by atoms with E-state index in [1.807, 2.05) is 20.0 Å². The first-order chi connectivity index (χ1) is 9.63. The molecule has 0 aliphatic carbocycles. The molecule has 0 aliphatic rings. The second-order valence-electron chi connectivity index (χ2n) is 4.99. The van der Waals surface area contributed by atoms with E-state index in [-0.39, 0.29) is 0 Å². The van der Waals surface area contributed by atoms with Crippen LogP contribution in [0.2, 0.25) is 0 Å². The molecule has 0 aliphatic heterocycles. The maximum absolute atomic E-state index is 5.47. The first-order valence-corrected chi connectivity index (χ1v) is 7.44. The molecule has 0 saturated heterocycles. The summed E-state index contributed by atoms with van der Waals surface area (Å²) in [6.07, 6.45) is 3.80. The Balaban J connectivity index is 2.77. The van der Waals surface area contributed by atoms with Crippen molar-refractivity contribution in [3.8, 4) is 5.75 Å². The van der Waals surface area contributed by atoms with Gasteiger partial charge in [0.05, 0.1) is 7.11 Å². The Hall–Kier alpha value is -1.13. The number of aryl methyl sites for hydroxylation is 1. The van der Waals surface area contributed by atoms with Crippen LogP contribution >= 0.6 is 0 Å². The maximum atomic E-state index is 5.47. The fraction of sp³-hybridized carbons (Fsp3) is 0.688. The van der Waals surface area contributed by atoms with Crippen LogP contribution in [-0.2, 0) is 11.2 Å². The van der Waals surface area contributed by atoms with Gasteiger partial charge in [0.25, 0.3) is 0 Å². The average Bonchev–Trinajstić information content (AvgIpc) is 2.43. The van der Waals surface area contributed by atoms with Crippen LogP contribution in [0.25, 0.3) is 0 Å². The molecule has 0 fully saturated rings. The predicted molar refractivity (Wildman–Crippen MR) is 82.5 cm³/mol. The molecule has 0 saturated carbocycles. The Morgan fingerprint density at radius 1 is 1.30 bits per heavy atom. The molecule has 1 N–H and O–H groups in total. The molecule has 1 unspecified atom stereocenters. The van der Waals surface area contributed by atoms with E-state index >= 15 is 0 Å². The molecule has 0 bridgehead atoms. The van der Waals surface area contributed by atoms with Crippen LogP contribution in [0.4, 0.5) is 0 Å². The topological polar surface area (TPSA) is 43.4 Å². The average molecular weight is 280 g/mol. The first-order valence-electron chi connectivity index (χ1n) is 7.44. The highest BCUT2D eigenvalue weighted by Gasteiger charge is 2.14. The van der Waals surface area contributed by atoms with Crippen LogP contribution in [0.15, 0.2) is 6.20 Å². The summed E-state index contributed by atoms with van der Waals surface area (Å²) in [5.74, 6) is 0.954. The van der Waals surface area contributed by atoms with Gasteiger partial charge in [0.2, 0.25) is 0 Å². The lowest BCUT2D eigenvalue weighted by molar-refractivity contribution is 0.136. The van der Waals surface area contributed by atoms with E-state index in [4.69, 9.17) is 9.47 Å². The highest BCUT2D eigenvalue weighted by atomic mass is 16.5. The summed E-state index contributed by atoms with van der Waals surface area (Å²) in [4.78, 5) is 4.58. The van der Waals surface area contributed by atoms with Crippen molar-refractivity contribution >= 4 is 0 Å². The largest absolute Gasteiger partial charge is 0.496 e. The summed E-state index contributed by atoms with van der Waals surface area (Å²) >= 11 is 0. The summed E-state index contributed by atoms with van der Waals surface area (Å²) in [5, 5.41) is 3.51. The zero-order valence-electron chi connectivity index (χ0n) is 13.5. The van der Waals surface area contributed by atoms with Crippen LogP contribution in [-0.4, -0.2) is 37.9 Å². The van der Waals surface area contributed by atoms with Gasteiger partial charge in [-0.3, -0.25) is 4.98 Å². The fourth-order valence-corrected chi connectivity index (χ4v) is 2.45. The second kappa shape index (κ2) is 8.93. The van der Waals surface area contributed by atoms with Crippen LogP contribution in [0.1, 0.15) is 37.1 Å². The van der Waals surface area contributed by atoms with Crippen molar-refractivity contribution < 1.29 is 9.47 Å². The number of hydrogen-bond donors (Lipinski definition) is 1. The molecule has 4 heteroatoms. The van der Waals surface area contributed by atoms with E-state index < -0.39 is 0 Å². The number of likely N-dealkylation sites (N-methyl/N-ethyl adjacent to an activating group) is 1. The molecular weight excluding hydrogens is 252 g/mol. The van der Waals surface area contributed by atoms with E-state index in [2.05, 4.69) is 24.1 Å². The summed E-state index contributed by atoms with van der Waals surface area (Å²) < 4.78 is 10.9. The standard InChI is InChI=1S/C16H28N2O2/c1-6-17-14(8-9-20-7-2)10-15-13(4)16(19-5)12(3)11-18-15/h11,14,17H,6-10H2,1-5H3. The van der Waals surface area contributed by atoms with E-state index in [9.17, 15) is 0 Å². The van der Waals surface area contributed by atoms with Gasteiger partial charge in [-0.05, 0) is 33.7 Å². The van der Waals surface area contributed by atoms with Crippen molar-refractivity contribution in [2.75, 3.05) is 26.9 Å². The van der Waals surface area contributed by atoms with E-state index in [0.717, 1.165) is 55.2 Å². The smallest absolute Gasteiger partial charge is 0.128 e. The molecule has 1 aromatic rings. The fourth-order valence-electron chi connectivity index (χ4n) is 2.45. The van der Waals surface area contributed by atoms with Crippen LogP contribution in [0, 0.1) is 13.8 Å². The number of methoxy groups -OCH3 is 1. The van der Waals surface area contributed by atoms with Crippen LogP contribution in [0.3, 0.4) is 0 Å². The molecule has 0 spiro atoms. The van der Waals surface area contributed by atoms with E-state index in [1.165, 1.54) is 0 Å². The Kier molecular flexibility index (Phi) is 7.55. The number of nitrogens with zero attached hydrogens (tertiary/aromatic N) is 1. The Morgan fingerprint density at radius 3 is 2.65 bits per heavy atom. The Bertz CT molecular complexity index is 408. The molecule has 0 amide bonds. The lowest BCUT2D eigenvalue weighted by Gasteiger charge is -2.19. The quantitative estimate of drug-likeness (QED) is 0.706. The zero-order chi connectivity index (χ0) is 15.0. The highest BCUT2D eigenvalue weighted by Crippen LogP contribution is 2.24. The first kappa shape index (κ1) is 16.9. The monoisotopic (exact) mass is 280 g/mol. The maximum Gasteiger partial charge on any atom is 0.128 e. The number of ether oxygens (including phenoxy) is 2. The van der Waals surface area contributed by atoms with Gasteiger partial charge in [-0.2, -0.15) is 0 Å². The van der Waals surface area contributed by atoms with Gasteiger partial charge in [-0.15, -0.1) is 0 Å². The Morgan fingerprint density at radius 2 is 2.05 bits per heavy atom. The van der Waals surface area contributed by atoms with Crippen LogP contribution in [0.5, 0.6) is 5.75 Å². The van der Waals surface area contributed by atoms with Gasteiger partial charge in [0.15, 0.2) is 0 Å². The number of pyridine rings is 1. The number of rotatable bonds is 9. The molecule has 1 aromatic heterocycles. The highest BCUT2D eigenvalue weighted by molar-refractivity contribution is 5.41. The molecule has 0 aromatic carbocycles. The SMILES string of the molecule is CCNC(CCOCC)Cc1ncc(C)c(OC)c1C. The van der Waals surface area contributed by atoms with Gasteiger partial charge in [-0.1, -0.05) is 6.92 Å². The summed E-state index contributed by atoms with van der Waals surface area (Å²) in [5.41, 5.74) is 3.34. The number of hydrogen-bond acceptors (Lipinski definition) is 4. The third-order valence-corrected chi connectivity index (χ3v) is 3.50. The molecule has 1 atom stereocenters. The minimum Gasteiger partial charge on any atom is -0.496 e. The van der Waals surface area contributed by atoms with Gasteiger partial charge < -0.3 is 14.8 Å². The third-order valence-electron chi connectivity index (χ3n) is 3.50. The van der Waals surface area contributed by atoms with Crippen molar-refractivity contribution in [1.29, 1.82) is 0 Å². The Labute approximate surface area is 122 Å². The normalized spacial score (nSPS) is 12.4. The van der Waals surface area contributed by atoms with E-state index in [1.54, 1.807) is 7.11 Å². The molecule has 1 heterocycles. The summed E-state index contributed by atoms with van der Waals surface area (Å²) in [7, 11) is 1.72.